The van der Waals surface area contributed by atoms with E-state index in [9.17, 15) is 13.2 Å². The summed E-state index contributed by atoms with van der Waals surface area (Å²) in [5.41, 5.74) is 6.26. The van der Waals surface area contributed by atoms with E-state index < -0.39 is 16.1 Å². The maximum Gasteiger partial charge on any atom is 0.243 e. The highest BCUT2D eigenvalue weighted by atomic mass is 32.2. The number of sulfonamides is 1. The molecule has 7 heteroatoms. The van der Waals surface area contributed by atoms with Crippen LogP contribution in [0.25, 0.3) is 0 Å². The number of piperidine rings is 1. The first-order valence-electron chi connectivity index (χ1n) is 7.99. The van der Waals surface area contributed by atoms with Gasteiger partial charge in [0.05, 0.1) is 10.9 Å². The summed E-state index contributed by atoms with van der Waals surface area (Å²) < 4.78 is 26.8. The van der Waals surface area contributed by atoms with Gasteiger partial charge >= 0.3 is 0 Å². The lowest BCUT2D eigenvalue weighted by Gasteiger charge is -2.26. The van der Waals surface area contributed by atoms with Crippen molar-refractivity contribution >= 4 is 21.6 Å². The lowest BCUT2D eigenvalue weighted by atomic mass is 10.1. The van der Waals surface area contributed by atoms with Crippen molar-refractivity contribution < 1.29 is 13.2 Å². The fourth-order valence-electron chi connectivity index (χ4n) is 2.52. The van der Waals surface area contributed by atoms with E-state index in [0.717, 1.165) is 19.3 Å². The molecule has 0 saturated carbocycles. The molecule has 1 amide bonds. The zero-order chi connectivity index (χ0) is 17.0. The van der Waals surface area contributed by atoms with E-state index in [1.807, 2.05) is 13.8 Å². The van der Waals surface area contributed by atoms with Crippen molar-refractivity contribution in [1.29, 1.82) is 0 Å². The Hall–Kier alpha value is -1.44. The van der Waals surface area contributed by atoms with Gasteiger partial charge in [0.25, 0.3) is 0 Å². The lowest BCUT2D eigenvalue weighted by molar-refractivity contribution is -0.118. The van der Waals surface area contributed by atoms with Crippen LogP contribution < -0.4 is 11.1 Å². The minimum atomic E-state index is -3.51. The van der Waals surface area contributed by atoms with E-state index in [-0.39, 0.29) is 16.7 Å². The van der Waals surface area contributed by atoms with Crippen LogP contribution in [0.15, 0.2) is 29.2 Å². The van der Waals surface area contributed by atoms with E-state index in [0.29, 0.717) is 18.8 Å². The number of nitrogens with one attached hydrogen (secondary N) is 1. The first-order valence-corrected chi connectivity index (χ1v) is 9.43. The van der Waals surface area contributed by atoms with Gasteiger partial charge in [0.2, 0.25) is 15.9 Å². The van der Waals surface area contributed by atoms with E-state index in [1.54, 1.807) is 18.2 Å². The van der Waals surface area contributed by atoms with Crippen LogP contribution in [-0.4, -0.2) is 37.8 Å². The van der Waals surface area contributed by atoms with Gasteiger partial charge in [0.1, 0.15) is 0 Å². The highest BCUT2D eigenvalue weighted by molar-refractivity contribution is 7.89. The van der Waals surface area contributed by atoms with Crippen LogP contribution in [0.3, 0.4) is 0 Å². The van der Waals surface area contributed by atoms with Crippen molar-refractivity contribution in [2.75, 3.05) is 18.4 Å². The summed E-state index contributed by atoms with van der Waals surface area (Å²) >= 11 is 0. The van der Waals surface area contributed by atoms with Gasteiger partial charge in [-0.15, -0.1) is 0 Å². The van der Waals surface area contributed by atoms with E-state index in [4.69, 9.17) is 5.73 Å². The molecule has 0 unspecified atom stereocenters. The molecule has 0 aromatic heterocycles. The maximum atomic E-state index is 12.7. The number of hydrogen-bond acceptors (Lipinski definition) is 4. The molecule has 0 aliphatic carbocycles. The molecule has 1 aromatic rings. The molecule has 0 bridgehead atoms. The zero-order valence-corrected chi connectivity index (χ0v) is 14.5. The van der Waals surface area contributed by atoms with Crippen LogP contribution in [0.1, 0.15) is 33.1 Å². The number of carbonyl (C=O) groups is 1. The third kappa shape index (κ3) is 4.31. The predicted molar refractivity (Wildman–Crippen MR) is 90.5 cm³/mol. The smallest absolute Gasteiger partial charge is 0.243 e. The van der Waals surface area contributed by atoms with Crippen molar-refractivity contribution in [1.82, 2.24) is 4.31 Å². The van der Waals surface area contributed by atoms with Gasteiger partial charge in [-0.3, -0.25) is 4.79 Å². The molecule has 128 valence electrons. The largest absolute Gasteiger partial charge is 0.325 e. The van der Waals surface area contributed by atoms with Gasteiger partial charge in [-0.05, 0) is 37.0 Å². The molecular weight excluding hydrogens is 314 g/mol. The third-order valence-corrected chi connectivity index (χ3v) is 5.97. The monoisotopic (exact) mass is 339 g/mol. The Morgan fingerprint density at radius 3 is 2.48 bits per heavy atom. The normalized spacial score (nSPS) is 17.9. The van der Waals surface area contributed by atoms with Crippen LogP contribution in [0.2, 0.25) is 0 Å². The average molecular weight is 339 g/mol. The van der Waals surface area contributed by atoms with E-state index in [1.165, 1.54) is 10.4 Å². The first kappa shape index (κ1) is 17.9. The average Bonchev–Trinajstić information content (AvgIpc) is 2.55. The second-order valence-corrected chi connectivity index (χ2v) is 8.19. The Kier molecular flexibility index (Phi) is 5.78. The summed E-state index contributed by atoms with van der Waals surface area (Å²) in [7, 11) is -3.51. The molecular formula is C16H25N3O3S. The van der Waals surface area contributed by atoms with Crippen molar-refractivity contribution in [2.24, 2.45) is 11.7 Å². The lowest BCUT2D eigenvalue weighted by Crippen LogP contribution is -2.39. The van der Waals surface area contributed by atoms with Gasteiger partial charge in [-0.2, -0.15) is 4.31 Å². The Morgan fingerprint density at radius 1 is 1.22 bits per heavy atom. The number of anilines is 1. The highest BCUT2D eigenvalue weighted by Crippen LogP contribution is 2.23. The number of rotatable bonds is 5. The van der Waals surface area contributed by atoms with Gasteiger partial charge < -0.3 is 11.1 Å². The molecule has 1 aromatic carbocycles. The van der Waals surface area contributed by atoms with Gasteiger partial charge in [-0.25, -0.2) is 8.42 Å². The molecule has 23 heavy (non-hydrogen) atoms. The molecule has 0 radical (unpaired) electrons. The molecule has 3 N–H and O–H groups in total. The number of nitrogens with zero attached hydrogens (tertiary/aromatic N) is 1. The third-order valence-electron chi connectivity index (χ3n) is 4.08. The second kappa shape index (κ2) is 7.42. The first-order chi connectivity index (χ1) is 10.8. The molecule has 2 rings (SSSR count). The van der Waals surface area contributed by atoms with E-state index >= 15 is 0 Å². The molecule has 6 nitrogen and oxygen atoms in total. The summed E-state index contributed by atoms with van der Waals surface area (Å²) in [6, 6.07) is 5.72. The van der Waals surface area contributed by atoms with Gasteiger partial charge in [-0.1, -0.05) is 26.3 Å². The number of benzene rings is 1. The van der Waals surface area contributed by atoms with Crippen LogP contribution in [0.4, 0.5) is 5.69 Å². The quantitative estimate of drug-likeness (QED) is 0.855. The Labute approximate surface area is 138 Å². The minimum absolute atomic E-state index is 0.00950. The van der Waals surface area contributed by atoms with Crippen molar-refractivity contribution in [2.45, 2.75) is 44.0 Å². The molecule has 1 atom stereocenters. The van der Waals surface area contributed by atoms with Gasteiger partial charge in [0.15, 0.2) is 0 Å². The molecule has 1 aliphatic rings. The Balaban J connectivity index is 2.17. The van der Waals surface area contributed by atoms with Crippen molar-refractivity contribution in [3.8, 4) is 0 Å². The summed E-state index contributed by atoms with van der Waals surface area (Å²) in [6.45, 7) is 4.83. The minimum Gasteiger partial charge on any atom is -0.325 e. The fourth-order valence-corrected chi connectivity index (χ4v) is 4.08. The Bertz CT molecular complexity index is 652. The summed E-state index contributed by atoms with van der Waals surface area (Å²) in [4.78, 5) is 12.2. The summed E-state index contributed by atoms with van der Waals surface area (Å²) in [5, 5.41) is 2.69. The number of carbonyl (C=O) groups excluding carboxylic acids is 1. The number of amides is 1. The zero-order valence-electron chi connectivity index (χ0n) is 13.7. The van der Waals surface area contributed by atoms with Crippen LogP contribution in [0.5, 0.6) is 0 Å². The van der Waals surface area contributed by atoms with Crippen LogP contribution >= 0.6 is 0 Å². The summed E-state index contributed by atoms with van der Waals surface area (Å²) in [5.74, 6) is -0.303. The number of nitrogens with two attached hydrogens (primary N) is 1. The predicted octanol–water partition coefficient (Wildman–Crippen LogP) is 1.78. The second-order valence-electron chi connectivity index (χ2n) is 6.25. The Morgan fingerprint density at radius 2 is 1.87 bits per heavy atom. The highest BCUT2D eigenvalue weighted by Gasteiger charge is 2.26. The van der Waals surface area contributed by atoms with Crippen molar-refractivity contribution in [3.63, 3.8) is 0 Å². The molecule has 1 saturated heterocycles. The number of hydrogen-bond donors (Lipinski definition) is 2. The topological polar surface area (TPSA) is 92.5 Å². The molecule has 1 aliphatic heterocycles. The standard InChI is InChI=1S/C16H25N3O3S/c1-12(2)15(17)16(20)18-13-7-6-8-14(11-13)23(21,22)19-9-4-3-5-10-19/h6-8,11-12,15H,3-5,9-10,17H2,1-2H3,(H,18,20)/t15-/m0/s1. The summed E-state index contributed by atoms with van der Waals surface area (Å²) in [6.07, 6.45) is 2.84. The van der Waals surface area contributed by atoms with Crippen LogP contribution in [-0.2, 0) is 14.8 Å². The van der Waals surface area contributed by atoms with Gasteiger partial charge in [0, 0.05) is 18.8 Å². The maximum absolute atomic E-state index is 12.7. The SMILES string of the molecule is CC(C)[C@H](N)C(=O)Nc1cccc(S(=O)(=O)N2CCCCC2)c1. The van der Waals surface area contributed by atoms with Crippen molar-refractivity contribution in [3.05, 3.63) is 24.3 Å². The molecule has 1 fully saturated rings. The molecule has 1 heterocycles. The van der Waals surface area contributed by atoms with Crippen LogP contribution in [0, 0.1) is 5.92 Å². The van der Waals surface area contributed by atoms with E-state index in [2.05, 4.69) is 5.32 Å². The molecule has 0 spiro atoms. The fraction of sp³-hybridized carbons (Fsp3) is 0.562.